The number of hydrogen-bond donors (Lipinski definition) is 1. The second kappa shape index (κ2) is 4.93. The molecule has 0 aliphatic carbocycles. The Morgan fingerprint density at radius 2 is 2.17 bits per heavy atom. The third-order valence-corrected chi connectivity index (χ3v) is 3.10. The van der Waals surface area contributed by atoms with Crippen molar-refractivity contribution in [2.45, 2.75) is 19.1 Å². The van der Waals surface area contributed by atoms with Gasteiger partial charge in [0.25, 0.3) is 0 Å². The third kappa shape index (κ3) is 2.87. The van der Waals surface area contributed by atoms with Gasteiger partial charge >= 0.3 is 6.18 Å². The van der Waals surface area contributed by atoms with Crippen molar-refractivity contribution in [1.82, 2.24) is 10.3 Å². The molecule has 1 aliphatic heterocycles. The molecule has 1 aliphatic rings. The van der Waals surface area contributed by atoms with Crippen LogP contribution in [0.2, 0.25) is 5.15 Å². The van der Waals surface area contributed by atoms with Gasteiger partial charge in [0.05, 0.1) is 5.56 Å². The van der Waals surface area contributed by atoms with Gasteiger partial charge in [-0.25, -0.2) is 4.98 Å². The SMILES string of the molecule is C[C@H]1CNCCN1c1cc(C(F)(F)F)cc(Cl)n1. The first-order valence-electron chi connectivity index (χ1n) is 5.60. The van der Waals surface area contributed by atoms with E-state index in [4.69, 9.17) is 11.6 Å². The summed E-state index contributed by atoms with van der Waals surface area (Å²) in [5.74, 6) is 0.281. The Balaban J connectivity index is 2.35. The Hall–Kier alpha value is -1.01. The number of nitrogens with zero attached hydrogens (tertiary/aromatic N) is 2. The van der Waals surface area contributed by atoms with Gasteiger partial charge in [-0.1, -0.05) is 11.6 Å². The maximum absolute atomic E-state index is 12.7. The number of anilines is 1. The highest BCUT2D eigenvalue weighted by Crippen LogP contribution is 2.33. The Morgan fingerprint density at radius 3 is 2.78 bits per heavy atom. The number of alkyl halides is 3. The molecular weight excluding hydrogens is 267 g/mol. The molecule has 1 aromatic rings. The molecule has 0 aromatic carbocycles. The van der Waals surface area contributed by atoms with Crippen molar-refractivity contribution in [2.24, 2.45) is 0 Å². The quantitative estimate of drug-likeness (QED) is 0.801. The van der Waals surface area contributed by atoms with Gasteiger partial charge in [-0.3, -0.25) is 0 Å². The number of aromatic nitrogens is 1. The Morgan fingerprint density at radius 1 is 1.44 bits per heavy atom. The number of hydrogen-bond acceptors (Lipinski definition) is 3. The summed E-state index contributed by atoms with van der Waals surface area (Å²) in [6.45, 7) is 3.99. The molecule has 2 heterocycles. The number of halogens is 4. The fraction of sp³-hybridized carbons (Fsp3) is 0.545. The molecule has 3 nitrogen and oxygen atoms in total. The molecule has 0 spiro atoms. The molecular formula is C11H13ClF3N3. The van der Waals surface area contributed by atoms with E-state index in [1.165, 1.54) is 0 Å². The number of piperazine rings is 1. The summed E-state index contributed by atoms with van der Waals surface area (Å²) < 4.78 is 38.1. The molecule has 0 saturated carbocycles. The van der Waals surface area contributed by atoms with Crippen molar-refractivity contribution in [2.75, 3.05) is 24.5 Å². The van der Waals surface area contributed by atoms with Gasteiger partial charge in [-0.2, -0.15) is 13.2 Å². The third-order valence-electron chi connectivity index (χ3n) is 2.90. The van der Waals surface area contributed by atoms with Crippen LogP contribution in [0.1, 0.15) is 12.5 Å². The van der Waals surface area contributed by atoms with Gasteiger partial charge in [-0.15, -0.1) is 0 Å². The van der Waals surface area contributed by atoms with Crippen LogP contribution in [0.25, 0.3) is 0 Å². The minimum absolute atomic E-state index is 0.0887. The largest absolute Gasteiger partial charge is 0.416 e. The summed E-state index contributed by atoms with van der Waals surface area (Å²) in [6.07, 6.45) is -4.40. The highest BCUT2D eigenvalue weighted by molar-refractivity contribution is 6.29. The zero-order valence-electron chi connectivity index (χ0n) is 9.76. The van der Waals surface area contributed by atoms with E-state index in [0.717, 1.165) is 25.2 Å². The average Bonchev–Trinajstić information content (AvgIpc) is 2.27. The van der Waals surface area contributed by atoms with Crippen LogP contribution in [0.4, 0.5) is 19.0 Å². The summed E-state index contributed by atoms with van der Waals surface area (Å²) in [4.78, 5) is 5.82. The normalized spacial score (nSPS) is 21.2. The lowest BCUT2D eigenvalue weighted by Gasteiger charge is -2.35. The fourth-order valence-electron chi connectivity index (χ4n) is 1.98. The van der Waals surface area contributed by atoms with Crippen LogP contribution in [0.15, 0.2) is 12.1 Å². The predicted octanol–water partition coefficient (Wildman–Crippen LogP) is 2.55. The summed E-state index contributed by atoms with van der Waals surface area (Å²) in [6, 6.07) is 1.98. The molecule has 18 heavy (non-hydrogen) atoms. The highest BCUT2D eigenvalue weighted by Gasteiger charge is 2.32. The lowest BCUT2D eigenvalue weighted by atomic mass is 10.2. The van der Waals surface area contributed by atoms with Gasteiger partial charge < -0.3 is 10.2 Å². The van der Waals surface area contributed by atoms with Crippen LogP contribution < -0.4 is 10.2 Å². The van der Waals surface area contributed by atoms with Crippen LogP contribution in [0.3, 0.4) is 0 Å². The molecule has 2 rings (SSSR count). The molecule has 0 unspecified atom stereocenters. The van der Waals surface area contributed by atoms with Gasteiger partial charge in [0.1, 0.15) is 11.0 Å². The van der Waals surface area contributed by atoms with E-state index in [-0.39, 0.29) is 17.0 Å². The van der Waals surface area contributed by atoms with Crippen molar-refractivity contribution in [3.8, 4) is 0 Å². The highest BCUT2D eigenvalue weighted by atomic mass is 35.5. The van der Waals surface area contributed by atoms with E-state index in [0.29, 0.717) is 6.54 Å². The molecule has 1 aromatic heterocycles. The fourth-order valence-corrected chi connectivity index (χ4v) is 2.18. The lowest BCUT2D eigenvalue weighted by Crippen LogP contribution is -2.50. The molecule has 0 bridgehead atoms. The lowest BCUT2D eigenvalue weighted by molar-refractivity contribution is -0.137. The van der Waals surface area contributed by atoms with E-state index >= 15 is 0 Å². The number of pyridine rings is 1. The monoisotopic (exact) mass is 279 g/mol. The second-order valence-electron chi connectivity index (χ2n) is 4.28. The van der Waals surface area contributed by atoms with E-state index in [9.17, 15) is 13.2 Å². The average molecular weight is 280 g/mol. The van der Waals surface area contributed by atoms with Gasteiger partial charge in [0.2, 0.25) is 0 Å². The summed E-state index contributed by atoms with van der Waals surface area (Å²) >= 11 is 5.67. The van der Waals surface area contributed by atoms with E-state index in [1.807, 2.05) is 11.8 Å². The minimum Gasteiger partial charge on any atom is -0.351 e. The zero-order valence-corrected chi connectivity index (χ0v) is 10.5. The van der Waals surface area contributed by atoms with Crippen LogP contribution in [0, 0.1) is 0 Å². The molecule has 0 radical (unpaired) electrons. The Labute approximate surface area is 108 Å². The smallest absolute Gasteiger partial charge is 0.351 e. The molecule has 100 valence electrons. The zero-order chi connectivity index (χ0) is 13.3. The predicted molar refractivity (Wildman–Crippen MR) is 63.9 cm³/mol. The summed E-state index contributed by atoms with van der Waals surface area (Å²) in [5, 5.41) is 3.04. The van der Waals surface area contributed by atoms with E-state index < -0.39 is 11.7 Å². The first-order chi connectivity index (χ1) is 8.38. The molecule has 0 amide bonds. The van der Waals surface area contributed by atoms with Crippen LogP contribution >= 0.6 is 11.6 Å². The Bertz CT molecular complexity index is 436. The minimum atomic E-state index is -4.40. The van der Waals surface area contributed by atoms with Gasteiger partial charge in [-0.05, 0) is 19.1 Å². The van der Waals surface area contributed by atoms with Crippen LogP contribution in [-0.4, -0.2) is 30.7 Å². The van der Waals surface area contributed by atoms with Crippen molar-refractivity contribution >= 4 is 17.4 Å². The first kappa shape index (κ1) is 13.4. The first-order valence-corrected chi connectivity index (χ1v) is 5.98. The number of rotatable bonds is 1. The topological polar surface area (TPSA) is 28.2 Å². The molecule has 1 N–H and O–H groups in total. The summed E-state index contributed by atoms with van der Waals surface area (Å²) in [7, 11) is 0. The van der Waals surface area contributed by atoms with Crippen molar-refractivity contribution in [3.05, 3.63) is 22.8 Å². The van der Waals surface area contributed by atoms with Crippen molar-refractivity contribution in [3.63, 3.8) is 0 Å². The second-order valence-corrected chi connectivity index (χ2v) is 4.67. The van der Waals surface area contributed by atoms with Crippen LogP contribution in [0.5, 0.6) is 0 Å². The molecule has 1 saturated heterocycles. The molecule has 7 heteroatoms. The van der Waals surface area contributed by atoms with Gasteiger partial charge in [0, 0.05) is 25.7 Å². The Kier molecular flexibility index (Phi) is 3.68. The van der Waals surface area contributed by atoms with E-state index in [2.05, 4.69) is 10.3 Å². The maximum Gasteiger partial charge on any atom is 0.416 e. The standard InChI is InChI=1S/C11H13ClF3N3/c1-7-6-16-2-3-18(7)10-5-8(11(13,14)15)4-9(12)17-10/h4-5,7,16H,2-3,6H2,1H3/t7-/m0/s1. The molecule has 1 fully saturated rings. The van der Waals surface area contributed by atoms with Gasteiger partial charge in [0.15, 0.2) is 0 Å². The maximum atomic E-state index is 12.7. The van der Waals surface area contributed by atoms with Crippen molar-refractivity contribution < 1.29 is 13.2 Å². The molecule has 1 atom stereocenters. The summed E-state index contributed by atoms with van der Waals surface area (Å²) in [5.41, 5.74) is -0.761. The van der Waals surface area contributed by atoms with Crippen molar-refractivity contribution in [1.29, 1.82) is 0 Å². The van der Waals surface area contributed by atoms with E-state index in [1.54, 1.807) is 0 Å². The number of nitrogens with one attached hydrogen (secondary N) is 1. The van der Waals surface area contributed by atoms with Crippen LogP contribution in [-0.2, 0) is 6.18 Å².